The second-order valence-corrected chi connectivity index (χ2v) is 15.9. The van der Waals surface area contributed by atoms with Crippen molar-refractivity contribution in [2.45, 2.75) is 143 Å². The topological polar surface area (TPSA) is 32.3 Å². The molecule has 0 fully saturated rings. The number of aryl methyl sites for hydroxylation is 1. The van der Waals surface area contributed by atoms with Crippen LogP contribution in [-0.4, -0.2) is 10.6 Å². The van der Waals surface area contributed by atoms with Crippen LogP contribution in [0.25, 0.3) is 0 Å². The Morgan fingerprint density at radius 1 is 0.838 bits per heavy atom. The number of phenols is 1. The van der Waals surface area contributed by atoms with Crippen LogP contribution in [0.15, 0.2) is 30.3 Å². The lowest BCUT2D eigenvalue weighted by molar-refractivity contribution is 0.415. The molecule has 2 aromatic rings. The maximum Gasteiger partial charge on any atom is 0.123 e. The third-order valence-corrected chi connectivity index (χ3v) is 9.96. The minimum Gasteiger partial charge on any atom is -0.507 e. The number of aromatic hydroxyl groups is 1. The van der Waals surface area contributed by atoms with E-state index in [2.05, 4.69) is 119 Å². The van der Waals surface area contributed by atoms with E-state index in [1.807, 2.05) is 0 Å². The number of benzene rings is 2. The van der Waals surface area contributed by atoms with Crippen molar-refractivity contribution in [1.82, 2.24) is 5.32 Å². The molecule has 2 unspecified atom stereocenters. The summed E-state index contributed by atoms with van der Waals surface area (Å²) in [7, 11) is 0.601. The Hall–Kier alpha value is -1.37. The largest absolute Gasteiger partial charge is 0.507 e. The molecule has 0 saturated heterocycles. The molecule has 0 bridgehead atoms. The smallest absolute Gasteiger partial charge is 0.123 e. The van der Waals surface area contributed by atoms with E-state index in [0.29, 0.717) is 14.3 Å². The van der Waals surface area contributed by atoms with E-state index in [1.165, 1.54) is 46.8 Å². The van der Waals surface area contributed by atoms with Crippen LogP contribution in [0.1, 0.15) is 136 Å². The SMILES string of the molecule is CCCCCC(CC)(Pc1c(C)cccc1CNC(C)(C)C)c1cc(C(C)(C)C)cc(C(C)(C)C)c1O. The van der Waals surface area contributed by atoms with E-state index in [0.717, 1.165) is 24.9 Å². The highest BCUT2D eigenvalue weighted by Gasteiger charge is 2.37. The van der Waals surface area contributed by atoms with Crippen LogP contribution in [0, 0.1) is 6.92 Å². The molecule has 0 aromatic heterocycles. The molecule has 3 heteroatoms. The Kier molecular flexibility index (Phi) is 10.5. The third kappa shape index (κ3) is 8.31. The average Bonchev–Trinajstić information content (AvgIpc) is 2.76. The quantitative estimate of drug-likeness (QED) is 0.239. The maximum absolute atomic E-state index is 12.0. The van der Waals surface area contributed by atoms with Crippen molar-refractivity contribution in [1.29, 1.82) is 0 Å². The molecule has 0 amide bonds. The zero-order chi connectivity index (χ0) is 28.2. The highest BCUT2D eigenvalue weighted by molar-refractivity contribution is 7.48. The fourth-order valence-electron chi connectivity index (χ4n) is 5.06. The normalized spacial score (nSPS) is 14.9. The van der Waals surface area contributed by atoms with E-state index >= 15 is 0 Å². The molecule has 0 spiro atoms. The summed E-state index contributed by atoms with van der Waals surface area (Å²) in [5.41, 5.74) is 6.27. The monoisotopic (exact) mass is 525 g/mol. The molecule has 0 aliphatic carbocycles. The maximum atomic E-state index is 12.0. The number of rotatable bonds is 10. The highest BCUT2D eigenvalue weighted by atomic mass is 31.1. The summed E-state index contributed by atoms with van der Waals surface area (Å²) in [6, 6.07) is 11.4. The van der Waals surface area contributed by atoms with Crippen LogP contribution in [0.3, 0.4) is 0 Å². The molecule has 2 nitrogen and oxygen atoms in total. The number of phenolic OH excluding ortho intramolecular Hbond substituents is 1. The van der Waals surface area contributed by atoms with Gasteiger partial charge in [0.05, 0.1) is 0 Å². The molecule has 2 rings (SSSR count). The molecule has 0 heterocycles. The molecular formula is C34H56NOP. The van der Waals surface area contributed by atoms with Gasteiger partial charge in [0.25, 0.3) is 0 Å². The molecule has 37 heavy (non-hydrogen) atoms. The predicted octanol–water partition coefficient (Wildman–Crippen LogP) is 9.37. The molecule has 0 saturated carbocycles. The van der Waals surface area contributed by atoms with Crippen LogP contribution in [-0.2, 0) is 22.5 Å². The third-order valence-electron chi connectivity index (χ3n) is 7.64. The van der Waals surface area contributed by atoms with Gasteiger partial charge >= 0.3 is 0 Å². The summed E-state index contributed by atoms with van der Waals surface area (Å²) < 4.78 is 0. The lowest BCUT2D eigenvalue weighted by Crippen LogP contribution is -2.36. The highest BCUT2D eigenvalue weighted by Crippen LogP contribution is 2.54. The van der Waals surface area contributed by atoms with Gasteiger partial charge in [-0.2, -0.15) is 0 Å². The van der Waals surface area contributed by atoms with Crippen LogP contribution in [0.5, 0.6) is 5.75 Å². The van der Waals surface area contributed by atoms with Crippen molar-refractivity contribution < 1.29 is 5.11 Å². The van der Waals surface area contributed by atoms with E-state index in [9.17, 15) is 5.11 Å². The van der Waals surface area contributed by atoms with Gasteiger partial charge in [-0.05, 0) is 78.9 Å². The van der Waals surface area contributed by atoms with Gasteiger partial charge in [-0.15, -0.1) is 0 Å². The van der Waals surface area contributed by atoms with Gasteiger partial charge < -0.3 is 10.4 Å². The summed E-state index contributed by atoms with van der Waals surface area (Å²) in [5.74, 6) is 0.522. The first-order chi connectivity index (χ1) is 16.9. The summed E-state index contributed by atoms with van der Waals surface area (Å²) in [6.45, 7) is 28.0. The van der Waals surface area contributed by atoms with Crippen molar-refractivity contribution >= 4 is 13.9 Å². The first kappa shape index (κ1) is 31.8. The van der Waals surface area contributed by atoms with Crippen LogP contribution < -0.4 is 10.6 Å². The summed E-state index contributed by atoms with van der Waals surface area (Å²) in [6.07, 6.45) is 5.73. The van der Waals surface area contributed by atoms with Gasteiger partial charge in [0.1, 0.15) is 5.75 Å². The Labute approximate surface area is 231 Å². The van der Waals surface area contributed by atoms with Crippen molar-refractivity contribution in [2.24, 2.45) is 0 Å². The average molecular weight is 526 g/mol. The van der Waals surface area contributed by atoms with Gasteiger partial charge in [0.2, 0.25) is 0 Å². The van der Waals surface area contributed by atoms with Gasteiger partial charge in [-0.25, -0.2) is 0 Å². The lowest BCUT2D eigenvalue weighted by Gasteiger charge is -2.38. The Balaban J connectivity index is 2.81. The molecular weight excluding hydrogens is 469 g/mol. The molecule has 2 aromatic carbocycles. The van der Waals surface area contributed by atoms with Crippen LogP contribution >= 0.6 is 8.58 Å². The Morgan fingerprint density at radius 3 is 1.97 bits per heavy atom. The second kappa shape index (κ2) is 12.2. The molecule has 0 aliphatic rings. The fraction of sp³-hybridized carbons (Fsp3) is 0.647. The summed E-state index contributed by atoms with van der Waals surface area (Å²) >= 11 is 0. The van der Waals surface area contributed by atoms with E-state index in [1.54, 1.807) is 0 Å². The minimum atomic E-state index is -0.128. The van der Waals surface area contributed by atoms with E-state index < -0.39 is 0 Å². The molecule has 0 radical (unpaired) electrons. The minimum absolute atomic E-state index is 0.0128. The van der Waals surface area contributed by atoms with E-state index in [-0.39, 0.29) is 21.5 Å². The first-order valence-corrected chi connectivity index (χ1v) is 15.5. The molecule has 2 atom stereocenters. The standard InChI is InChI=1S/C34H56NOP/c1-13-15-16-20-34(14-2,37-30-24(3)18-17-19-25(30)23-35-33(10,11)12)28-22-26(31(4,5)6)21-27(29(28)36)32(7,8)9/h17-19,21-22,35-37H,13-16,20,23H2,1-12H3. The van der Waals surface area contributed by atoms with Crippen molar-refractivity contribution in [3.05, 3.63) is 58.1 Å². The lowest BCUT2D eigenvalue weighted by atomic mass is 9.76. The van der Waals surface area contributed by atoms with Crippen LogP contribution in [0.2, 0.25) is 0 Å². The van der Waals surface area contributed by atoms with Gasteiger partial charge in [-0.1, -0.05) is 114 Å². The van der Waals surface area contributed by atoms with E-state index in [4.69, 9.17) is 0 Å². The van der Waals surface area contributed by atoms with Gasteiger partial charge in [0.15, 0.2) is 0 Å². The van der Waals surface area contributed by atoms with Crippen LogP contribution in [0.4, 0.5) is 0 Å². The first-order valence-electron chi connectivity index (χ1n) is 14.5. The fourth-order valence-corrected chi connectivity index (χ4v) is 6.95. The number of hydrogen-bond acceptors (Lipinski definition) is 2. The van der Waals surface area contributed by atoms with Crippen molar-refractivity contribution in [3.8, 4) is 5.75 Å². The number of hydrogen-bond donors (Lipinski definition) is 2. The molecule has 208 valence electrons. The second-order valence-electron chi connectivity index (χ2n) is 14.2. The zero-order valence-corrected chi connectivity index (χ0v) is 27.1. The predicted molar refractivity (Wildman–Crippen MR) is 167 cm³/mol. The number of unbranched alkanes of at least 4 members (excludes halogenated alkanes) is 2. The van der Waals surface area contributed by atoms with Gasteiger partial charge in [-0.3, -0.25) is 0 Å². The Bertz CT molecular complexity index is 1040. The molecule has 0 aliphatic heterocycles. The summed E-state index contributed by atoms with van der Waals surface area (Å²) in [4.78, 5) is 0. The summed E-state index contributed by atoms with van der Waals surface area (Å²) in [5, 5.41) is 17.1. The van der Waals surface area contributed by atoms with Gasteiger partial charge in [0, 0.05) is 22.8 Å². The van der Waals surface area contributed by atoms with Crippen molar-refractivity contribution in [2.75, 3.05) is 0 Å². The zero-order valence-electron chi connectivity index (χ0n) is 26.1. The Morgan fingerprint density at radius 2 is 1.46 bits per heavy atom. The number of nitrogens with one attached hydrogen (secondary N) is 1. The van der Waals surface area contributed by atoms with Crippen molar-refractivity contribution in [3.63, 3.8) is 0 Å². The molecule has 2 N–H and O–H groups in total.